The van der Waals surface area contributed by atoms with Gasteiger partial charge in [-0.25, -0.2) is 0 Å². The first kappa shape index (κ1) is 12.8. The molecule has 0 aliphatic carbocycles. The molecule has 1 aromatic carbocycles. The molecule has 0 aliphatic rings. The Morgan fingerprint density at radius 3 is 2.44 bits per heavy atom. The molecule has 1 aromatic heterocycles. The van der Waals surface area contributed by atoms with Gasteiger partial charge in [0.25, 0.3) is 0 Å². The second-order valence-corrected chi connectivity index (χ2v) is 5.45. The Morgan fingerprint density at radius 1 is 1.17 bits per heavy atom. The summed E-state index contributed by atoms with van der Waals surface area (Å²) in [5, 5.41) is 18.0. The lowest BCUT2D eigenvalue weighted by Crippen LogP contribution is -2.28. The van der Waals surface area contributed by atoms with Crippen LogP contribution in [0.1, 0.15) is 26.7 Å². The molecule has 0 saturated heterocycles. The van der Waals surface area contributed by atoms with E-state index in [1.54, 1.807) is 0 Å². The molecule has 0 aliphatic heterocycles. The van der Waals surface area contributed by atoms with Crippen molar-refractivity contribution in [1.82, 2.24) is 10.2 Å². The van der Waals surface area contributed by atoms with Crippen LogP contribution in [0.5, 0.6) is 0 Å². The van der Waals surface area contributed by atoms with Crippen molar-refractivity contribution in [2.24, 2.45) is 5.41 Å². The molecule has 0 bridgehead atoms. The molecule has 0 saturated carbocycles. The van der Waals surface area contributed by atoms with Crippen molar-refractivity contribution < 1.29 is 9.52 Å². The summed E-state index contributed by atoms with van der Waals surface area (Å²) in [6.07, 6.45) is -0.120. The number of hydrogen-bond acceptors (Lipinski definition) is 4. The molecular formula is C14H18N2O2. The lowest BCUT2D eigenvalue weighted by atomic mass is 9.87. The molecule has 1 N–H and O–H groups in total. The fourth-order valence-corrected chi connectivity index (χ4v) is 1.51. The second kappa shape index (κ2) is 4.90. The monoisotopic (exact) mass is 246 g/mol. The molecule has 0 radical (unpaired) electrons. The molecule has 1 heterocycles. The number of nitrogens with zero attached hydrogens (tertiary/aromatic N) is 2. The third kappa shape index (κ3) is 2.96. The Bertz CT molecular complexity index is 500. The predicted octanol–water partition coefficient (Wildman–Crippen LogP) is 2.69. The Morgan fingerprint density at radius 2 is 1.83 bits per heavy atom. The predicted molar refractivity (Wildman–Crippen MR) is 68.9 cm³/mol. The van der Waals surface area contributed by atoms with E-state index in [9.17, 15) is 5.11 Å². The average Bonchev–Trinajstić information content (AvgIpc) is 2.77. The first-order valence-corrected chi connectivity index (χ1v) is 6.02. The number of aromatic nitrogens is 2. The van der Waals surface area contributed by atoms with Gasteiger partial charge in [0.15, 0.2) is 0 Å². The first-order chi connectivity index (χ1) is 8.47. The normalized spacial score (nSPS) is 13.6. The fraction of sp³-hybridized carbons (Fsp3) is 0.429. The third-order valence-electron chi connectivity index (χ3n) is 2.86. The van der Waals surface area contributed by atoms with E-state index in [1.165, 1.54) is 0 Å². The average molecular weight is 246 g/mol. The molecular weight excluding hydrogens is 228 g/mol. The number of aliphatic hydroxyl groups is 1. The van der Waals surface area contributed by atoms with Gasteiger partial charge in [-0.15, -0.1) is 10.2 Å². The number of benzene rings is 1. The molecule has 0 unspecified atom stereocenters. The van der Waals surface area contributed by atoms with Crippen LogP contribution < -0.4 is 0 Å². The van der Waals surface area contributed by atoms with E-state index in [1.807, 2.05) is 51.1 Å². The van der Waals surface area contributed by atoms with Crippen molar-refractivity contribution in [3.63, 3.8) is 0 Å². The number of rotatable bonds is 3. The molecule has 0 amide bonds. The first-order valence-electron chi connectivity index (χ1n) is 6.02. The minimum absolute atomic E-state index is 0.193. The minimum atomic E-state index is -0.499. The Kier molecular flexibility index (Phi) is 3.48. The second-order valence-electron chi connectivity index (χ2n) is 5.45. The quantitative estimate of drug-likeness (QED) is 0.904. The zero-order chi connectivity index (χ0) is 13.2. The summed E-state index contributed by atoms with van der Waals surface area (Å²) >= 11 is 0. The Balaban J connectivity index is 2.12. The molecule has 96 valence electrons. The standard InChI is InChI=1S/C14H18N2O2/c1-14(2,3)11(17)9-12-15-16-13(18-12)10-7-5-4-6-8-10/h4-8,11,17H,9H2,1-3H3/t11-/m1/s1. The van der Waals surface area contributed by atoms with Crippen molar-refractivity contribution in [3.05, 3.63) is 36.2 Å². The van der Waals surface area contributed by atoms with Crippen LogP contribution in [0.2, 0.25) is 0 Å². The summed E-state index contributed by atoms with van der Waals surface area (Å²) in [7, 11) is 0. The highest BCUT2D eigenvalue weighted by molar-refractivity contribution is 5.51. The topological polar surface area (TPSA) is 59.2 Å². The highest BCUT2D eigenvalue weighted by atomic mass is 16.4. The van der Waals surface area contributed by atoms with Crippen molar-refractivity contribution in [2.45, 2.75) is 33.3 Å². The van der Waals surface area contributed by atoms with Gasteiger partial charge in [-0.2, -0.15) is 0 Å². The van der Waals surface area contributed by atoms with Crippen molar-refractivity contribution in [1.29, 1.82) is 0 Å². The van der Waals surface area contributed by atoms with E-state index in [2.05, 4.69) is 10.2 Å². The van der Waals surface area contributed by atoms with Crippen LogP contribution in [-0.2, 0) is 6.42 Å². The van der Waals surface area contributed by atoms with Crippen LogP contribution in [0.3, 0.4) is 0 Å². The van der Waals surface area contributed by atoms with Crippen molar-refractivity contribution in [3.8, 4) is 11.5 Å². The van der Waals surface area contributed by atoms with Crippen molar-refractivity contribution >= 4 is 0 Å². The molecule has 2 aromatic rings. The minimum Gasteiger partial charge on any atom is -0.421 e. The van der Waals surface area contributed by atoms with E-state index in [0.717, 1.165) is 5.56 Å². The fourth-order valence-electron chi connectivity index (χ4n) is 1.51. The van der Waals surface area contributed by atoms with Crippen LogP contribution in [0.4, 0.5) is 0 Å². The molecule has 0 spiro atoms. The zero-order valence-corrected chi connectivity index (χ0v) is 10.9. The van der Waals surface area contributed by atoms with E-state index in [-0.39, 0.29) is 5.41 Å². The Labute approximate surface area is 107 Å². The lowest BCUT2D eigenvalue weighted by Gasteiger charge is -2.24. The van der Waals surface area contributed by atoms with Gasteiger partial charge in [0.05, 0.1) is 12.5 Å². The van der Waals surface area contributed by atoms with Crippen LogP contribution in [0.15, 0.2) is 34.7 Å². The summed E-state index contributed by atoms with van der Waals surface area (Å²) < 4.78 is 5.55. The number of aliphatic hydroxyl groups excluding tert-OH is 1. The maximum atomic E-state index is 9.99. The molecule has 0 fully saturated rings. The van der Waals surface area contributed by atoms with Gasteiger partial charge in [0.1, 0.15) is 0 Å². The van der Waals surface area contributed by atoms with Gasteiger partial charge in [-0.1, -0.05) is 39.0 Å². The van der Waals surface area contributed by atoms with E-state index >= 15 is 0 Å². The van der Waals surface area contributed by atoms with E-state index < -0.39 is 6.10 Å². The molecule has 1 atom stereocenters. The van der Waals surface area contributed by atoms with Gasteiger partial charge in [0, 0.05) is 5.56 Å². The molecule has 4 heteroatoms. The largest absolute Gasteiger partial charge is 0.421 e. The van der Waals surface area contributed by atoms with Gasteiger partial charge >= 0.3 is 0 Å². The summed E-state index contributed by atoms with van der Waals surface area (Å²) in [5.41, 5.74) is 0.697. The third-order valence-corrected chi connectivity index (χ3v) is 2.86. The Hall–Kier alpha value is -1.68. The van der Waals surface area contributed by atoms with Gasteiger partial charge in [-0.3, -0.25) is 0 Å². The maximum absolute atomic E-state index is 9.99. The molecule has 4 nitrogen and oxygen atoms in total. The van der Waals surface area contributed by atoms with Crippen molar-refractivity contribution in [2.75, 3.05) is 0 Å². The molecule has 2 rings (SSSR count). The summed E-state index contributed by atoms with van der Waals surface area (Å²) in [6.45, 7) is 5.93. The van der Waals surface area contributed by atoms with Crippen LogP contribution >= 0.6 is 0 Å². The van der Waals surface area contributed by atoms with Gasteiger partial charge < -0.3 is 9.52 Å². The summed E-state index contributed by atoms with van der Waals surface area (Å²) in [5.74, 6) is 0.961. The maximum Gasteiger partial charge on any atom is 0.247 e. The SMILES string of the molecule is CC(C)(C)[C@H](O)Cc1nnc(-c2ccccc2)o1. The zero-order valence-electron chi connectivity index (χ0n) is 10.9. The van der Waals surface area contributed by atoms with Crippen LogP contribution in [0.25, 0.3) is 11.5 Å². The molecule has 18 heavy (non-hydrogen) atoms. The van der Waals surface area contributed by atoms with Gasteiger partial charge in [-0.05, 0) is 17.5 Å². The highest BCUT2D eigenvalue weighted by Crippen LogP contribution is 2.23. The van der Waals surface area contributed by atoms with Crippen LogP contribution in [0, 0.1) is 5.41 Å². The summed E-state index contributed by atoms with van der Waals surface area (Å²) in [6, 6.07) is 9.60. The van der Waals surface area contributed by atoms with Gasteiger partial charge in [0.2, 0.25) is 11.8 Å². The van der Waals surface area contributed by atoms with Crippen LogP contribution in [-0.4, -0.2) is 21.4 Å². The smallest absolute Gasteiger partial charge is 0.247 e. The summed E-state index contributed by atoms with van der Waals surface area (Å²) in [4.78, 5) is 0. The van der Waals surface area contributed by atoms with E-state index in [0.29, 0.717) is 18.2 Å². The van der Waals surface area contributed by atoms with E-state index in [4.69, 9.17) is 4.42 Å². The highest BCUT2D eigenvalue weighted by Gasteiger charge is 2.24. The lowest BCUT2D eigenvalue weighted by molar-refractivity contribution is 0.0580. The number of hydrogen-bond donors (Lipinski definition) is 1.